The van der Waals surface area contributed by atoms with Crippen LogP contribution < -0.4 is 5.32 Å². The molecule has 0 aliphatic carbocycles. The van der Waals surface area contributed by atoms with Gasteiger partial charge in [-0.25, -0.2) is 18.7 Å². The van der Waals surface area contributed by atoms with E-state index in [4.69, 9.17) is 0 Å². The van der Waals surface area contributed by atoms with Crippen molar-refractivity contribution in [2.75, 3.05) is 19.0 Å². The summed E-state index contributed by atoms with van der Waals surface area (Å²) < 4.78 is 54.0. The maximum Gasteiger partial charge on any atom is 0.330 e. The molecular formula is C9H10F4IN3O. The van der Waals surface area contributed by atoms with E-state index in [1.165, 1.54) is 6.20 Å². The van der Waals surface area contributed by atoms with E-state index in [9.17, 15) is 17.6 Å². The molecule has 0 amide bonds. The first-order valence-electron chi connectivity index (χ1n) is 4.79. The van der Waals surface area contributed by atoms with E-state index in [0.29, 0.717) is 5.82 Å². The molecule has 1 rings (SSSR count). The third-order valence-corrected chi connectivity index (χ3v) is 2.67. The Hall–Kier alpha value is -0.710. The van der Waals surface area contributed by atoms with Crippen LogP contribution in [0.4, 0.5) is 23.4 Å². The average molecular weight is 379 g/mol. The van der Waals surface area contributed by atoms with Crippen molar-refractivity contribution >= 4 is 28.4 Å². The number of hydrogen-bond acceptors (Lipinski definition) is 4. The van der Waals surface area contributed by atoms with Gasteiger partial charge in [0.25, 0.3) is 0 Å². The van der Waals surface area contributed by atoms with Crippen LogP contribution in [0, 0.1) is 3.57 Å². The van der Waals surface area contributed by atoms with Gasteiger partial charge in [0, 0.05) is 13.2 Å². The monoisotopic (exact) mass is 379 g/mol. The van der Waals surface area contributed by atoms with Crippen LogP contribution in [0.1, 0.15) is 5.82 Å². The van der Waals surface area contributed by atoms with Crippen LogP contribution in [0.3, 0.4) is 0 Å². The quantitative estimate of drug-likeness (QED) is 0.610. The lowest BCUT2D eigenvalue weighted by Crippen LogP contribution is -2.32. The highest BCUT2D eigenvalue weighted by Gasteiger charge is 2.40. The predicted molar refractivity (Wildman–Crippen MR) is 64.9 cm³/mol. The van der Waals surface area contributed by atoms with Crippen LogP contribution in [0.2, 0.25) is 0 Å². The summed E-state index contributed by atoms with van der Waals surface area (Å²) in [5, 5.41) is 2.78. The van der Waals surface area contributed by atoms with E-state index in [1.807, 2.05) is 22.6 Å². The Morgan fingerprint density at radius 2 is 2.17 bits per heavy atom. The summed E-state index contributed by atoms with van der Waals surface area (Å²) in [4.78, 5) is 7.80. The molecular weight excluding hydrogens is 369 g/mol. The van der Waals surface area contributed by atoms with Crippen molar-refractivity contribution in [1.82, 2.24) is 9.97 Å². The fraction of sp³-hybridized carbons (Fsp3) is 0.556. The first-order valence-corrected chi connectivity index (χ1v) is 5.87. The molecule has 18 heavy (non-hydrogen) atoms. The van der Waals surface area contributed by atoms with Gasteiger partial charge in [-0.2, -0.15) is 8.78 Å². The summed E-state index contributed by atoms with van der Waals surface area (Å²) in [5.41, 5.74) is 0. The van der Waals surface area contributed by atoms with E-state index >= 15 is 0 Å². The molecule has 0 fully saturated rings. The molecule has 1 aromatic rings. The Morgan fingerprint density at radius 1 is 1.50 bits per heavy atom. The van der Waals surface area contributed by atoms with Crippen molar-refractivity contribution in [1.29, 1.82) is 0 Å². The van der Waals surface area contributed by atoms with E-state index in [0.717, 1.165) is 3.57 Å². The molecule has 0 spiro atoms. The Kier molecular flexibility index (Phi) is 5.50. The third kappa shape index (κ3) is 4.19. The Balaban J connectivity index is 2.54. The largest absolute Gasteiger partial charge is 0.372 e. The van der Waals surface area contributed by atoms with Crippen LogP contribution in [0.5, 0.6) is 0 Å². The van der Waals surface area contributed by atoms with Gasteiger partial charge in [0.1, 0.15) is 19.0 Å². The number of ether oxygens (including phenoxy) is 1. The summed E-state index contributed by atoms with van der Waals surface area (Å²) in [5.74, 6) is -3.50. The summed E-state index contributed by atoms with van der Waals surface area (Å²) in [6.07, 6.45) is -2.27. The zero-order valence-corrected chi connectivity index (χ0v) is 11.4. The van der Waals surface area contributed by atoms with Crippen LogP contribution in [-0.4, -0.2) is 36.0 Å². The second-order valence-corrected chi connectivity index (χ2v) is 4.45. The Morgan fingerprint density at radius 3 is 2.72 bits per heavy atom. The van der Waals surface area contributed by atoms with Crippen molar-refractivity contribution in [3.63, 3.8) is 0 Å². The molecule has 0 radical (unpaired) electrons. The van der Waals surface area contributed by atoms with Crippen molar-refractivity contribution in [2.45, 2.75) is 19.0 Å². The standard InChI is InChI=1S/C9H10F4IN3O/c1-15-7-5(14)2-16-6(17-7)3-18-4-9(12,13)8(10)11/h2,8H,3-4H2,1H3,(H,15,16,17). The fourth-order valence-corrected chi connectivity index (χ4v) is 1.52. The SMILES string of the molecule is CNc1nc(COCC(F)(F)C(F)F)ncc1I. The minimum absolute atomic E-state index is 0.143. The highest BCUT2D eigenvalue weighted by molar-refractivity contribution is 14.1. The number of alkyl halides is 4. The molecule has 0 saturated carbocycles. The van der Waals surface area contributed by atoms with E-state index in [1.54, 1.807) is 7.05 Å². The number of rotatable bonds is 6. The van der Waals surface area contributed by atoms with Crippen LogP contribution in [0.25, 0.3) is 0 Å². The smallest absolute Gasteiger partial charge is 0.330 e. The van der Waals surface area contributed by atoms with Crippen molar-refractivity contribution in [3.8, 4) is 0 Å². The molecule has 1 aromatic heterocycles. The first-order chi connectivity index (χ1) is 8.36. The van der Waals surface area contributed by atoms with Gasteiger partial charge >= 0.3 is 12.3 Å². The zero-order valence-electron chi connectivity index (χ0n) is 9.26. The fourth-order valence-electron chi connectivity index (χ4n) is 0.990. The molecule has 0 saturated heterocycles. The lowest BCUT2D eigenvalue weighted by atomic mass is 10.4. The predicted octanol–water partition coefficient (Wildman–Crippen LogP) is 2.54. The molecule has 1 N–H and O–H groups in total. The molecule has 4 nitrogen and oxygen atoms in total. The molecule has 9 heteroatoms. The normalized spacial score (nSPS) is 11.9. The second kappa shape index (κ2) is 6.45. The second-order valence-electron chi connectivity index (χ2n) is 3.29. The van der Waals surface area contributed by atoms with Crippen molar-refractivity contribution in [2.24, 2.45) is 0 Å². The highest BCUT2D eigenvalue weighted by Crippen LogP contribution is 2.23. The molecule has 0 bridgehead atoms. The number of nitrogens with one attached hydrogen (secondary N) is 1. The Bertz CT molecular complexity index is 405. The number of anilines is 1. The lowest BCUT2D eigenvalue weighted by molar-refractivity contribution is -0.168. The van der Waals surface area contributed by atoms with Gasteiger partial charge in [0.15, 0.2) is 5.82 Å². The van der Waals surface area contributed by atoms with Gasteiger partial charge in [0.05, 0.1) is 3.57 Å². The zero-order chi connectivity index (χ0) is 13.8. The minimum atomic E-state index is -4.16. The van der Waals surface area contributed by atoms with Gasteiger partial charge in [-0.05, 0) is 22.6 Å². The van der Waals surface area contributed by atoms with Gasteiger partial charge in [-0.1, -0.05) is 0 Å². The molecule has 0 aliphatic heterocycles. The number of aromatic nitrogens is 2. The number of halogens is 5. The van der Waals surface area contributed by atoms with Crippen LogP contribution in [-0.2, 0) is 11.3 Å². The average Bonchev–Trinajstić information content (AvgIpc) is 2.31. The molecule has 0 aromatic carbocycles. The van der Waals surface area contributed by atoms with Crippen molar-refractivity contribution < 1.29 is 22.3 Å². The Labute approximate surface area is 114 Å². The molecule has 0 atom stereocenters. The van der Waals surface area contributed by atoms with Crippen molar-refractivity contribution in [3.05, 3.63) is 15.6 Å². The topological polar surface area (TPSA) is 47.0 Å². The minimum Gasteiger partial charge on any atom is -0.372 e. The van der Waals surface area contributed by atoms with Crippen LogP contribution >= 0.6 is 22.6 Å². The summed E-state index contributed by atoms with van der Waals surface area (Å²) in [7, 11) is 1.64. The van der Waals surface area contributed by atoms with E-state index < -0.39 is 19.0 Å². The van der Waals surface area contributed by atoms with E-state index in [-0.39, 0.29) is 12.4 Å². The first kappa shape index (κ1) is 15.3. The summed E-state index contributed by atoms with van der Waals surface area (Å²) in [6.45, 7) is -1.72. The molecule has 0 aliphatic rings. The third-order valence-electron chi connectivity index (χ3n) is 1.88. The number of hydrogen-bond donors (Lipinski definition) is 1. The maximum absolute atomic E-state index is 12.5. The van der Waals surface area contributed by atoms with Gasteiger partial charge < -0.3 is 10.1 Å². The van der Waals surface area contributed by atoms with Crippen LogP contribution in [0.15, 0.2) is 6.20 Å². The molecule has 0 unspecified atom stereocenters. The maximum atomic E-state index is 12.5. The van der Waals surface area contributed by atoms with Gasteiger partial charge in [0.2, 0.25) is 0 Å². The van der Waals surface area contributed by atoms with Gasteiger partial charge in [-0.3, -0.25) is 0 Å². The summed E-state index contributed by atoms with van der Waals surface area (Å²) >= 11 is 1.99. The van der Waals surface area contributed by atoms with Gasteiger partial charge in [-0.15, -0.1) is 0 Å². The number of nitrogens with zero attached hydrogens (tertiary/aromatic N) is 2. The summed E-state index contributed by atoms with van der Waals surface area (Å²) in [6, 6.07) is 0. The highest BCUT2D eigenvalue weighted by atomic mass is 127. The lowest BCUT2D eigenvalue weighted by Gasteiger charge is -2.14. The van der Waals surface area contributed by atoms with E-state index in [2.05, 4.69) is 20.0 Å². The molecule has 102 valence electrons. The molecule has 1 heterocycles.